The molecule has 1 heterocycles. The van der Waals surface area contributed by atoms with Crippen molar-refractivity contribution in [2.45, 2.75) is 24.8 Å². The second-order valence-electron chi connectivity index (χ2n) is 5.49. The van der Waals surface area contributed by atoms with Crippen molar-refractivity contribution < 1.29 is 18.0 Å². The van der Waals surface area contributed by atoms with E-state index in [-0.39, 0.29) is 29.7 Å². The Bertz CT molecular complexity index is 852. The third kappa shape index (κ3) is 6.26. The predicted octanol–water partition coefficient (Wildman–Crippen LogP) is 1.02. The number of carbonyl (C=O) groups is 2. The van der Waals surface area contributed by atoms with Gasteiger partial charge in [0.25, 0.3) is 0 Å². The summed E-state index contributed by atoms with van der Waals surface area (Å²) in [6.07, 6.45) is 2.74. The van der Waals surface area contributed by atoms with Gasteiger partial charge in [0.2, 0.25) is 21.8 Å². The van der Waals surface area contributed by atoms with E-state index in [1.165, 1.54) is 31.5 Å². The molecule has 0 aliphatic carbocycles. The Kier molecular flexibility index (Phi) is 6.81. The van der Waals surface area contributed by atoms with E-state index in [0.717, 1.165) is 5.56 Å². The maximum absolute atomic E-state index is 12.0. The summed E-state index contributed by atoms with van der Waals surface area (Å²) < 4.78 is 26.3. The lowest BCUT2D eigenvalue weighted by Gasteiger charge is -2.08. The molecule has 138 valence electrons. The first kappa shape index (κ1) is 19.5. The highest BCUT2D eigenvalue weighted by molar-refractivity contribution is 7.89. The van der Waals surface area contributed by atoms with Crippen LogP contribution in [0.3, 0.4) is 0 Å². The number of carbonyl (C=O) groups excluding carboxylic acids is 2. The molecule has 0 aliphatic rings. The number of rotatable bonds is 8. The van der Waals surface area contributed by atoms with E-state index in [0.29, 0.717) is 12.2 Å². The van der Waals surface area contributed by atoms with Crippen LogP contribution in [0, 0.1) is 0 Å². The molecule has 0 spiro atoms. The highest BCUT2D eigenvalue weighted by Gasteiger charge is 2.13. The average molecular weight is 376 g/mol. The molecule has 1 aromatic carbocycles. The van der Waals surface area contributed by atoms with E-state index in [9.17, 15) is 18.0 Å². The number of anilines is 1. The largest absolute Gasteiger partial charge is 0.352 e. The van der Waals surface area contributed by atoms with Crippen LogP contribution in [0.2, 0.25) is 0 Å². The number of amides is 2. The summed E-state index contributed by atoms with van der Waals surface area (Å²) >= 11 is 0. The first-order valence-corrected chi connectivity index (χ1v) is 9.38. The molecule has 2 aromatic rings. The topological polar surface area (TPSA) is 117 Å². The summed E-state index contributed by atoms with van der Waals surface area (Å²) in [7, 11) is -3.66. The highest BCUT2D eigenvalue weighted by atomic mass is 32.2. The van der Waals surface area contributed by atoms with Crippen molar-refractivity contribution in [1.29, 1.82) is 0 Å². The average Bonchev–Trinajstić information content (AvgIpc) is 2.61. The number of nitrogens with zero attached hydrogens (tertiary/aromatic N) is 1. The number of benzene rings is 1. The number of nitrogens with one attached hydrogen (secondary N) is 3. The maximum Gasteiger partial charge on any atom is 0.242 e. The molecule has 0 unspecified atom stereocenters. The molecule has 0 radical (unpaired) electrons. The van der Waals surface area contributed by atoms with Crippen molar-refractivity contribution in [3.63, 3.8) is 0 Å². The van der Waals surface area contributed by atoms with E-state index in [1.54, 1.807) is 24.3 Å². The van der Waals surface area contributed by atoms with E-state index in [4.69, 9.17) is 0 Å². The van der Waals surface area contributed by atoms with Crippen LogP contribution in [0.15, 0.2) is 53.7 Å². The van der Waals surface area contributed by atoms with Gasteiger partial charge in [0.15, 0.2) is 0 Å². The third-order valence-corrected chi connectivity index (χ3v) is 4.80. The lowest BCUT2D eigenvalue weighted by Crippen LogP contribution is -2.30. The molecule has 0 atom stereocenters. The minimum atomic E-state index is -3.66. The molecular formula is C17H20N4O4S. The first-order chi connectivity index (χ1) is 12.4. The van der Waals surface area contributed by atoms with Crippen LogP contribution in [0.4, 0.5) is 5.69 Å². The summed E-state index contributed by atoms with van der Waals surface area (Å²) in [6, 6.07) is 10.0. The molecule has 0 aliphatic heterocycles. The minimum Gasteiger partial charge on any atom is -0.352 e. The van der Waals surface area contributed by atoms with Crippen molar-refractivity contribution in [2.24, 2.45) is 0 Å². The van der Waals surface area contributed by atoms with Gasteiger partial charge in [0.1, 0.15) is 4.90 Å². The molecule has 2 rings (SSSR count). The lowest BCUT2D eigenvalue weighted by atomic mass is 10.2. The van der Waals surface area contributed by atoms with Crippen LogP contribution in [0.5, 0.6) is 0 Å². The number of aromatic nitrogens is 1. The Morgan fingerprint density at radius 3 is 2.46 bits per heavy atom. The molecule has 26 heavy (non-hydrogen) atoms. The second kappa shape index (κ2) is 9.07. The molecule has 2 amide bonds. The Morgan fingerprint density at radius 2 is 1.85 bits per heavy atom. The van der Waals surface area contributed by atoms with Crippen LogP contribution in [0.25, 0.3) is 0 Å². The van der Waals surface area contributed by atoms with Crippen molar-refractivity contribution >= 4 is 27.5 Å². The number of pyridine rings is 1. The predicted molar refractivity (Wildman–Crippen MR) is 96.6 cm³/mol. The Morgan fingerprint density at radius 1 is 1.12 bits per heavy atom. The van der Waals surface area contributed by atoms with Crippen LogP contribution in [0.1, 0.15) is 18.9 Å². The van der Waals surface area contributed by atoms with Crippen molar-refractivity contribution in [3.05, 3.63) is 54.4 Å². The zero-order valence-corrected chi connectivity index (χ0v) is 15.0. The lowest BCUT2D eigenvalue weighted by molar-refractivity contribution is -0.121. The summed E-state index contributed by atoms with van der Waals surface area (Å²) in [5.41, 5.74) is 1.54. The molecule has 0 fully saturated rings. The van der Waals surface area contributed by atoms with Gasteiger partial charge in [-0.05, 0) is 29.8 Å². The molecular weight excluding hydrogens is 356 g/mol. The fraction of sp³-hybridized carbons (Fsp3) is 0.235. The van der Waals surface area contributed by atoms with Gasteiger partial charge in [-0.1, -0.05) is 12.1 Å². The smallest absolute Gasteiger partial charge is 0.242 e. The van der Waals surface area contributed by atoms with Gasteiger partial charge in [-0.25, -0.2) is 13.1 Å². The molecule has 1 aromatic heterocycles. The fourth-order valence-corrected chi connectivity index (χ4v) is 3.08. The highest BCUT2D eigenvalue weighted by Crippen LogP contribution is 2.09. The van der Waals surface area contributed by atoms with E-state index in [2.05, 4.69) is 20.3 Å². The molecule has 0 saturated heterocycles. The van der Waals surface area contributed by atoms with Crippen LogP contribution >= 0.6 is 0 Å². The van der Waals surface area contributed by atoms with Crippen LogP contribution in [-0.2, 0) is 26.2 Å². The number of hydrogen-bond donors (Lipinski definition) is 3. The molecule has 8 nitrogen and oxygen atoms in total. The quantitative estimate of drug-likeness (QED) is 0.636. The van der Waals surface area contributed by atoms with Gasteiger partial charge in [-0.3, -0.25) is 14.6 Å². The van der Waals surface area contributed by atoms with Gasteiger partial charge in [-0.2, -0.15) is 0 Å². The van der Waals surface area contributed by atoms with Gasteiger partial charge < -0.3 is 10.6 Å². The number of sulfonamides is 1. The zero-order valence-electron chi connectivity index (χ0n) is 14.2. The van der Waals surface area contributed by atoms with E-state index in [1.807, 2.05) is 0 Å². The van der Waals surface area contributed by atoms with Gasteiger partial charge >= 0.3 is 0 Å². The maximum atomic E-state index is 12.0. The number of hydrogen-bond acceptors (Lipinski definition) is 5. The van der Waals surface area contributed by atoms with E-state index >= 15 is 0 Å². The van der Waals surface area contributed by atoms with Gasteiger partial charge in [0, 0.05) is 44.5 Å². The fourth-order valence-electron chi connectivity index (χ4n) is 2.09. The zero-order chi connectivity index (χ0) is 19.0. The monoisotopic (exact) mass is 376 g/mol. The SMILES string of the molecule is CC(=O)Nc1ccc(CNC(=O)CCNS(=O)(=O)c2cccnc2)cc1. The summed E-state index contributed by atoms with van der Waals surface area (Å²) in [4.78, 5) is 26.6. The summed E-state index contributed by atoms with van der Waals surface area (Å²) in [6.45, 7) is 1.73. The van der Waals surface area contributed by atoms with Gasteiger partial charge in [0.05, 0.1) is 0 Å². The molecule has 0 bridgehead atoms. The third-order valence-electron chi connectivity index (χ3n) is 3.35. The van der Waals surface area contributed by atoms with Crippen molar-refractivity contribution in [1.82, 2.24) is 15.0 Å². The summed E-state index contributed by atoms with van der Waals surface area (Å²) in [5.74, 6) is -0.426. The van der Waals surface area contributed by atoms with Crippen molar-refractivity contribution in [2.75, 3.05) is 11.9 Å². The standard InChI is InChI=1S/C17H20N4O4S/c1-13(22)21-15-6-4-14(5-7-15)11-19-17(23)8-10-20-26(24,25)16-3-2-9-18-12-16/h2-7,9,12,20H,8,10-11H2,1H3,(H,19,23)(H,21,22). The Hall–Kier alpha value is -2.78. The first-order valence-electron chi connectivity index (χ1n) is 7.90. The summed E-state index contributed by atoms with van der Waals surface area (Å²) in [5, 5.41) is 5.37. The molecule has 0 saturated carbocycles. The van der Waals surface area contributed by atoms with Gasteiger partial charge in [-0.15, -0.1) is 0 Å². The van der Waals surface area contributed by atoms with Crippen LogP contribution in [-0.4, -0.2) is 31.8 Å². The van der Waals surface area contributed by atoms with Crippen molar-refractivity contribution in [3.8, 4) is 0 Å². The van der Waals surface area contributed by atoms with E-state index < -0.39 is 10.0 Å². The molecule has 3 N–H and O–H groups in total. The second-order valence-corrected chi connectivity index (χ2v) is 7.26. The Labute approximate surface area is 152 Å². The minimum absolute atomic E-state index is 0.00939. The normalized spacial score (nSPS) is 11.0. The Balaban J connectivity index is 1.74. The molecule has 9 heteroatoms. The van der Waals surface area contributed by atoms with Crippen LogP contribution < -0.4 is 15.4 Å².